The molecular formula is C25H21BrN6O2. The Morgan fingerprint density at radius 3 is 2.47 bits per heavy atom. The second-order valence-corrected chi connectivity index (χ2v) is 8.72. The van der Waals surface area contributed by atoms with Crippen LogP contribution in [0.3, 0.4) is 0 Å². The Labute approximate surface area is 203 Å². The van der Waals surface area contributed by atoms with Gasteiger partial charge >= 0.3 is 0 Å². The van der Waals surface area contributed by atoms with E-state index < -0.39 is 0 Å². The van der Waals surface area contributed by atoms with Crippen LogP contribution in [0.25, 0.3) is 16.7 Å². The monoisotopic (exact) mass is 516 g/mol. The molecule has 0 aliphatic rings. The number of amides is 1. The van der Waals surface area contributed by atoms with Crippen LogP contribution >= 0.6 is 15.9 Å². The number of carbonyl (C=O) groups excluding carboxylic acids is 1. The van der Waals surface area contributed by atoms with Gasteiger partial charge in [0.15, 0.2) is 5.65 Å². The van der Waals surface area contributed by atoms with E-state index in [4.69, 9.17) is 0 Å². The standard InChI is InChI=1S/C25H21BrN6O2/c26-20-7-3-18(4-8-20)16-31-17-28-23-22(25(31)34)15-29-32(23)14-11-27-24(33)19-5-9-21(10-6-19)30-12-1-2-13-30/h1-10,12-13,15,17H,11,14,16H2,(H,27,33). The lowest BCUT2D eigenvalue weighted by molar-refractivity contribution is 0.0952. The predicted molar refractivity (Wildman–Crippen MR) is 133 cm³/mol. The summed E-state index contributed by atoms with van der Waals surface area (Å²) in [5.74, 6) is -0.166. The SMILES string of the molecule is O=C(NCCn1ncc2c(=O)n(Cc3ccc(Br)cc3)cnc21)c1ccc(-n2cccc2)cc1. The molecule has 5 rings (SSSR count). The van der Waals surface area contributed by atoms with Crippen molar-refractivity contribution in [3.63, 3.8) is 0 Å². The van der Waals surface area contributed by atoms with Crippen LogP contribution in [0.5, 0.6) is 0 Å². The van der Waals surface area contributed by atoms with Crippen LogP contribution in [0.15, 0.2) is 94.8 Å². The Hall–Kier alpha value is -3.98. The summed E-state index contributed by atoms with van der Waals surface area (Å²) in [4.78, 5) is 29.8. The van der Waals surface area contributed by atoms with E-state index in [9.17, 15) is 9.59 Å². The third-order valence-corrected chi connectivity index (χ3v) is 6.06. The highest BCUT2D eigenvalue weighted by Crippen LogP contribution is 2.12. The van der Waals surface area contributed by atoms with Crippen molar-refractivity contribution in [2.45, 2.75) is 13.1 Å². The fourth-order valence-corrected chi connectivity index (χ4v) is 3.99. The molecule has 0 saturated heterocycles. The zero-order valence-electron chi connectivity index (χ0n) is 18.1. The summed E-state index contributed by atoms with van der Waals surface area (Å²) in [6.07, 6.45) is 6.97. The van der Waals surface area contributed by atoms with E-state index in [2.05, 4.69) is 31.3 Å². The Kier molecular flexibility index (Phi) is 6.09. The number of nitrogens with one attached hydrogen (secondary N) is 1. The van der Waals surface area contributed by atoms with Crippen LogP contribution in [0.2, 0.25) is 0 Å². The Balaban J connectivity index is 1.23. The molecule has 3 aromatic heterocycles. The average Bonchev–Trinajstić information content (AvgIpc) is 3.53. The van der Waals surface area contributed by atoms with Gasteiger partial charge in [0.25, 0.3) is 11.5 Å². The number of nitrogens with zero attached hydrogens (tertiary/aromatic N) is 5. The molecule has 0 atom stereocenters. The number of carbonyl (C=O) groups is 1. The van der Waals surface area contributed by atoms with Gasteiger partial charge in [-0.1, -0.05) is 28.1 Å². The molecule has 3 heterocycles. The van der Waals surface area contributed by atoms with Crippen molar-refractivity contribution in [2.24, 2.45) is 0 Å². The van der Waals surface area contributed by atoms with Gasteiger partial charge in [-0.2, -0.15) is 5.10 Å². The van der Waals surface area contributed by atoms with E-state index in [1.54, 1.807) is 21.4 Å². The zero-order chi connectivity index (χ0) is 23.5. The predicted octanol–water partition coefficient (Wildman–Crippen LogP) is 3.62. The molecule has 0 unspecified atom stereocenters. The summed E-state index contributed by atoms with van der Waals surface area (Å²) in [6, 6.07) is 19.1. The molecule has 8 nitrogen and oxygen atoms in total. The van der Waals surface area contributed by atoms with Crippen molar-refractivity contribution >= 4 is 32.9 Å². The molecule has 0 bridgehead atoms. The molecule has 2 aromatic carbocycles. The van der Waals surface area contributed by atoms with Crippen LogP contribution in [-0.4, -0.2) is 36.4 Å². The normalized spacial score (nSPS) is 11.1. The largest absolute Gasteiger partial charge is 0.350 e. The number of halogens is 1. The van der Waals surface area contributed by atoms with Gasteiger partial charge in [-0.15, -0.1) is 0 Å². The van der Waals surface area contributed by atoms with Crippen LogP contribution in [0.4, 0.5) is 0 Å². The zero-order valence-corrected chi connectivity index (χ0v) is 19.7. The molecule has 1 N–H and O–H groups in total. The molecule has 0 fully saturated rings. The first-order chi connectivity index (χ1) is 16.6. The van der Waals surface area contributed by atoms with Crippen molar-refractivity contribution in [3.05, 3.63) is 112 Å². The van der Waals surface area contributed by atoms with Crippen LogP contribution < -0.4 is 10.9 Å². The van der Waals surface area contributed by atoms with Gasteiger partial charge in [-0.25, -0.2) is 9.67 Å². The first-order valence-electron chi connectivity index (χ1n) is 10.8. The topological polar surface area (TPSA) is 86.7 Å². The van der Waals surface area contributed by atoms with Gasteiger partial charge < -0.3 is 9.88 Å². The average molecular weight is 517 g/mol. The third kappa shape index (κ3) is 4.55. The van der Waals surface area contributed by atoms with Crippen molar-refractivity contribution in [1.29, 1.82) is 0 Å². The lowest BCUT2D eigenvalue weighted by atomic mass is 10.2. The lowest BCUT2D eigenvalue weighted by Crippen LogP contribution is -2.27. The van der Waals surface area contributed by atoms with Crippen molar-refractivity contribution < 1.29 is 4.79 Å². The fourth-order valence-electron chi connectivity index (χ4n) is 3.73. The van der Waals surface area contributed by atoms with Gasteiger partial charge in [0.1, 0.15) is 11.7 Å². The maximum Gasteiger partial charge on any atom is 0.264 e. The first-order valence-corrected chi connectivity index (χ1v) is 11.5. The maximum absolute atomic E-state index is 12.9. The fraction of sp³-hybridized carbons (Fsp3) is 0.120. The molecule has 0 aliphatic carbocycles. The van der Waals surface area contributed by atoms with E-state index in [-0.39, 0.29) is 11.5 Å². The van der Waals surface area contributed by atoms with Crippen molar-refractivity contribution in [2.75, 3.05) is 6.54 Å². The van der Waals surface area contributed by atoms with Gasteiger partial charge in [0, 0.05) is 34.7 Å². The lowest BCUT2D eigenvalue weighted by Gasteiger charge is -2.08. The maximum atomic E-state index is 12.9. The van der Waals surface area contributed by atoms with Gasteiger partial charge in [-0.3, -0.25) is 14.2 Å². The Bertz CT molecular complexity index is 1490. The van der Waals surface area contributed by atoms with Gasteiger partial charge in [0.2, 0.25) is 0 Å². The minimum Gasteiger partial charge on any atom is -0.350 e. The minimum atomic E-state index is -0.166. The summed E-state index contributed by atoms with van der Waals surface area (Å²) < 4.78 is 6.16. The summed E-state index contributed by atoms with van der Waals surface area (Å²) in [5.41, 5.74) is 2.92. The molecule has 0 saturated carbocycles. The molecular weight excluding hydrogens is 496 g/mol. The number of rotatable bonds is 7. The van der Waals surface area contributed by atoms with Gasteiger partial charge in [0.05, 0.1) is 19.3 Å². The summed E-state index contributed by atoms with van der Waals surface area (Å²) in [5, 5.41) is 7.65. The molecule has 0 radical (unpaired) electrons. The second kappa shape index (κ2) is 9.48. The number of benzene rings is 2. The first kappa shape index (κ1) is 21.8. The molecule has 170 valence electrons. The van der Waals surface area contributed by atoms with Crippen molar-refractivity contribution in [1.82, 2.24) is 29.2 Å². The highest BCUT2D eigenvalue weighted by atomic mass is 79.9. The van der Waals surface area contributed by atoms with E-state index in [1.807, 2.05) is 65.5 Å². The van der Waals surface area contributed by atoms with E-state index in [1.165, 1.54) is 12.5 Å². The van der Waals surface area contributed by atoms with E-state index in [0.29, 0.717) is 36.2 Å². The number of aromatic nitrogens is 5. The summed E-state index contributed by atoms with van der Waals surface area (Å²) in [7, 11) is 0. The molecule has 1 amide bonds. The Morgan fingerprint density at radius 1 is 1.00 bits per heavy atom. The van der Waals surface area contributed by atoms with Crippen LogP contribution in [-0.2, 0) is 13.1 Å². The second-order valence-electron chi connectivity index (χ2n) is 7.80. The summed E-state index contributed by atoms with van der Waals surface area (Å²) in [6.45, 7) is 1.19. The minimum absolute atomic E-state index is 0.147. The molecule has 0 aliphatic heterocycles. The molecule has 9 heteroatoms. The smallest absolute Gasteiger partial charge is 0.264 e. The Morgan fingerprint density at radius 2 is 1.74 bits per heavy atom. The van der Waals surface area contributed by atoms with Crippen LogP contribution in [0.1, 0.15) is 15.9 Å². The highest BCUT2D eigenvalue weighted by Gasteiger charge is 2.11. The third-order valence-electron chi connectivity index (χ3n) is 5.53. The number of hydrogen-bond acceptors (Lipinski definition) is 4. The van der Waals surface area contributed by atoms with Crippen LogP contribution in [0, 0.1) is 0 Å². The molecule has 5 aromatic rings. The number of hydrogen-bond donors (Lipinski definition) is 1. The highest BCUT2D eigenvalue weighted by molar-refractivity contribution is 9.10. The van der Waals surface area contributed by atoms with E-state index in [0.717, 1.165) is 15.7 Å². The van der Waals surface area contributed by atoms with Gasteiger partial charge in [-0.05, 0) is 54.1 Å². The number of fused-ring (bicyclic) bond motifs is 1. The van der Waals surface area contributed by atoms with Crippen molar-refractivity contribution in [3.8, 4) is 5.69 Å². The quantitative estimate of drug-likeness (QED) is 0.357. The van der Waals surface area contributed by atoms with E-state index >= 15 is 0 Å². The summed E-state index contributed by atoms with van der Waals surface area (Å²) >= 11 is 3.41. The molecule has 0 spiro atoms. The molecule has 34 heavy (non-hydrogen) atoms.